The van der Waals surface area contributed by atoms with E-state index in [-0.39, 0.29) is 12.3 Å². The van der Waals surface area contributed by atoms with E-state index in [4.69, 9.17) is 0 Å². The van der Waals surface area contributed by atoms with Crippen molar-refractivity contribution in [2.45, 2.75) is 19.4 Å². The van der Waals surface area contributed by atoms with Gasteiger partial charge in [-0.1, -0.05) is 36.4 Å². The lowest BCUT2D eigenvalue weighted by Crippen LogP contribution is -2.36. The van der Waals surface area contributed by atoms with Crippen LogP contribution in [0.5, 0.6) is 0 Å². The first kappa shape index (κ1) is 15.0. The summed E-state index contributed by atoms with van der Waals surface area (Å²) in [5, 5.41) is 24.0. The number of hydrogen-bond donors (Lipinski definition) is 2. The standard InChI is InChI=1S/C16H18N2O3/c1-12-8-9-14(15(10-12)18(20)21)17-16(2,11-19)13-6-4-3-5-7-13/h3-10,17,19H,11H2,1-2H3. The quantitative estimate of drug-likeness (QED) is 0.653. The summed E-state index contributed by atoms with van der Waals surface area (Å²) in [6.45, 7) is 3.44. The van der Waals surface area contributed by atoms with Crippen LogP contribution in [0.1, 0.15) is 18.1 Å². The topological polar surface area (TPSA) is 75.4 Å². The zero-order chi connectivity index (χ0) is 15.5. The van der Waals surface area contributed by atoms with Gasteiger partial charge in [0.15, 0.2) is 0 Å². The van der Waals surface area contributed by atoms with Crippen molar-refractivity contribution in [1.29, 1.82) is 0 Å². The van der Waals surface area contributed by atoms with E-state index in [1.54, 1.807) is 19.1 Å². The van der Waals surface area contributed by atoms with Gasteiger partial charge < -0.3 is 10.4 Å². The van der Waals surface area contributed by atoms with E-state index >= 15 is 0 Å². The number of benzene rings is 2. The summed E-state index contributed by atoms with van der Waals surface area (Å²) in [4.78, 5) is 10.8. The number of nitrogens with one attached hydrogen (secondary N) is 1. The first-order valence-corrected chi connectivity index (χ1v) is 6.66. The molecule has 0 fully saturated rings. The average Bonchev–Trinajstić information content (AvgIpc) is 2.49. The fraction of sp³-hybridized carbons (Fsp3) is 0.250. The zero-order valence-electron chi connectivity index (χ0n) is 12.0. The van der Waals surface area contributed by atoms with Crippen LogP contribution in [0.25, 0.3) is 0 Å². The number of nitro benzene ring substituents is 1. The Bertz CT molecular complexity index is 643. The summed E-state index contributed by atoms with van der Waals surface area (Å²) in [6, 6.07) is 14.4. The molecule has 0 saturated carbocycles. The molecule has 0 radical (unpaired) electrons. The minimum absolute atomic E-state index is 0.00519. The first-order valence-electron chi connectivity index (χ1n) is 6.66. The van der Waals surface area contributed by atoms with Crippen molar-refractivity contribution in [2.24, 2.45) is 0 Å². The highest BCUT2D eigenvalue weighted by Crippen LogP contribution is 2.32. The van der Waals surface area contributed by atoms with E-state index in [0.29, 0.717) is 5.69 Å². The Morgan fingerprint density at radius 1 is 1.24 bits per heavy atom. The van der Waals surface area contributed by atoms with Gasteiger partial charge in [-0.25, -0.2) is 0 Å². The molecule has 5 heteroatoms. The Hall–Kier alpha value is -2.40. The van der Waals surface area contributed by atoms with Gasteiger partial charge in [-0.15, -0.1) is 0 Å². The lowest BCUT2D eigenvalue weighted by molar-refractivity contribution is -0.384. The molecule has 1 atom stereocenters. The van der Waals surface area contributed by atoms with Crippen molar-refractivity contribution in [3.8, 4) is 0 Å². The molecule has 21 heavy (non-hydrogen) atoms. The SMILES string of the molecule is Cc1ccc(NC(C)(CO)c2ccccc2)c([N+](=O)[O-])c1. The minimum Gasteiger partial charge on any atom is -0.394 e. The van der Waals surface area contributed by atoms with Crippen LogP contribution in [-0.4, -0.2) is 16.6 Å². The van der Waals surface area contributed by atoms with Crippen LogP contribution in [0, 0.1) is 17.0 Å². The largest absolute Gasteiger partial charge is 0.394 e. The van der Waals surface area contributed by atoms with Crippen molar-refractivity contribution >= 4 is 11.4 Å². The lowest BCUT2D eigenvalue weighted by atomic mass is 9.92. The molecule has 0 amide bonds. The van der Waals surface area contributed by atoms with Crippen molar-refractivity contribution in [3.63, 3.8) is 0 Å². The van der Waals surface area contributed by atoms with Crippen molar-refractivity contribution in [1.82, 2.24) is 0 Å². The fourth-order valence-electron chi connectivity index (χ4n) is 2.20. The van der Waals surface area contributed by atoms with Gasteiger partial charge in [0, 0.05) is 6.07 Å². The highest BCUT2D eigenvalue weighted by Gasteiger charge is 2.28. The maximum Gasteiger partial charge on any atom is 0.292 e. The van der Waals surface area contributed by atoms with Gasteiger partial charge >= 0.3 is 0 Å². The Labute approximate surface area is 123 Å². The number of anilines is 1. The maximum atomic E-state index is 11.2. The Balaban J connectivity index is 2.42. The van der Waals surface area contributed by atoms with Crippen LogP contribution in [0.15, 0.2) is 48.5 Å². The smallest absolute Gasteiger partial charge is 0.292 e. The molecule has 0 aliphatic rings. The first-order chi connectivity index (χ1) is 9.96. The van der Waals surface area contributed by atoms with Crippen molar-refractivity contribution in [3.05, 3.63) is 69.8 Å². The fourth-order valence-corrected chi connectivity index (χ4v) is 2.20. The van der Waals surface area contributed by atoms with E-state index in [9.17, 15) is 15.2 Å². The lowest BCUT2D eigenvalue weighted by Gasteiger charge is -2.30. The van der Waals surface area contributed by atoms with Gasteiger partial charge in [0.25, 0.3) is 5.69 Å². The second-order valence-electron chi connectivity index (χ2n) is 5.26. The molecule has 0 aromatic heterocycles. The average molecular weight is 286 g/mol. The van der Waals surface area contributed by atoms with Gasteiger partial charge in [0.1, 0.15) is 5.69 Å². The number of aryl methyl sites for hydroxylation is 1. The second-order valence-corrected chi connectivity index (χ2v) is 5.26. The van der Waals surface area contributed by atoms with Gasteiger partial charge in [0.2, 0.25) is 0 Å². The molecule has 0 bridgehead atoms. The molecule has 0 aliphatic carbocycles. The van der Waals surface area contributed by atoms with Gasteiger partial charge in [-0.05, 0) is 31.0 Å². The summed E-state index contributed by atoms with van der Waals surface area (Å²) in [5.74, 6) is 0. The van der Waals surface area contributed by atoms with Crippen LogP contribution in [0.3, 0.4) is 0 Å². The molecule has 2 aromatic carbocycles. The third-order valence-corrected chi connectivity index (χ3v) is 3.49. The molecule has 2 rings (SSSR count). The van der Waals surface area contributed by atoms with E-state index in [1.807, 2.05) is 37.3 Å². The van der Waals surface area contributed by atoms with E-state index in [0.717, 1.165) is 11.1 Å². The molecule has 0 heterocycles. The van der Waals surface area contributed by atoms with Crippen LogP contribution in [0.4, 0.5) is 11.4 Å². The third-order valence-electron chi connectivity index (χ3n) is 3.49. The molecule has 5 nitrogen and oxygen atoms in total. The number of nitrogens with zero attached hydrogens (tertiary/aromatic N) is 1. The summed E-state index contributed by atoms with van der Waals surface area (Å²) in [7, 11) is 0. The molecule has 110 valence electrons. The van der Waals surface area contributed by atoms with Gasteiger partial charge in [-0.3, -0.25) is 10.1 Å². The molecule has 0 saturated heterocycles. The summed E-state index contributed by atoms with van der Waals surface area (Å²) < 4.78 is 0. The van der Waals surface area contributed by atoms with Gasteiger partial charge in [-0.2, -0.15) is 0 Å². The van der Waals surface area contributed by atoms with Crippen LogP contribution in [0.2, 0.25) is 0 Å². The third kappa shape index (κ3) is 3.20. The van der Waals surface area contributed by atoms with Crippen LogP contribution in [-0.2, 0) is 5.54 Å². The normalized spacial score (nSPS) is 13.5. The minimum atomic E-state index is -0.790. The van der Waals surface area contributed by atoms with E-state index in [2.05, 4.69) is 5.32 Å². The summed E-state index contributed by atoms with van der Waals surface area (Å²) in [5.41, 5.74) is 1.29. The summed E-state index contributed by atoms with van der Waals surface area (Å²) in [6.07, 6.45) is 0. The predicted molar refractivity (Wildman–Crippen MR) is 82.3 cm³/mol. The number of aliphatic hydroxyl groups is 1. The predicted octanol–water partition coefficient (Wildman–Crippen LogP) is 3.22. The van der Waals surface area contributed by atoms with Crippen LogP contribution < -0.4 is 5.32 Å². The summed E-state index contributed by atoms with van der Waals surface area (Å²) >= 11 is 0. The highest BCUT2D eigenvalue weighted by molar-refractivity contribution is 5.64. The molecule has 0 aliphatic heterocycles. The van der Waals surface area contributed by atoms with Gasteiger partial charge in [0.05, 0.1) is 17.1 Å². The number of nitro groups is 1. The number of aliphatic hydroxyl groups excluding tert-OH is 1. The second kappa shape index (κ2) is 5.93. The van der Waals surface area contributed by atoms with E-state index in [1.165, 1.54) is 6.07 Å². The van der Waals surface area contributed by atoms with Crippen molar-refractivity contribution < 1.29 is 10.0 Å². The number of hydrogen-bond acceptors (Lipinski definition) is 4. The molecule has 0 spiro atoms. The molecule has 2 N–H and O–H groups in total. The Morgan fingerprint density at radius 3 is 2.48 bits per heavy atom. The molecular formula is C16H18N2O3. The monoisotopic (exact) mass is 286 g/mol. The maximum absolute atomic E-state index is 11.2. The highest BCUT2D eigenvalue weighted by atomic mass is 16.6. The van der Waals surface area contributed by atoms with Crippen molar-refractivity contribution in [2.75, 3.05) is 11.9 Å². The Kier molecular flexibility index (Phi) is 4.23. The molecule has 1 unspecified atom stereocenters. The molecular weight excluding hydrogens is 268 g/mol. The van der Waals surface area contributed by atoms with E-state index < -0.39 is 10.5 Å². The van der Waals surface area contributed by atoms with Crippen LogP contribution >= 0.6 is 0 Å². The zero-order valence-corrected chi connectivity index (χ0v) is 12.0. The Morgan fingerprint density at radius 2 is 1.90 bits per heavy atom. The molecule has 2 aromatic rings. The number of rotatable bonds is 5.